The van der Waals surface area contributed by atoms with E-state index in [1.807, 2.05) is 36.3 Å². The predicted octanol–water partition coefficient (Wildman–Crippen LogP) is 5.60. The lowest BCUT2D eigenvalue weighted by Gasteiger charge is -2.32. The molecule has 0 atom stereocenters. The van der Waals surface area contributed by atoms with E-state index in [1.54, 1.807) is 12.3 Å². The minimum absolute atomic E-state index is 0.321. The van der Waals surface area contributed by atoms with Crippen molar-refractivity contribution in [3.8, 4) is 17.2 Å². The number of pyridine rings is 1. The summed E-state index contributed by atoms with van der Waals surface area (Å²) in [5.41, 5.74) is 2.65. The zero-order chi connectivity index (χ0) is 20.5. The number of nitrogens with zero attached hydrogens (tertiary/aromatic N) is 3. The van der Waals surface area contributed by atoms with Crippen LogP contribution in [0.25, 0.3) is 21.9 Å². The third-order valence-corrected chi connectivity index (χ3v) is 7.23. The van der Waals surface area contributed by atoms with Crippen LogP contribution >= 0.6 is 11.9 Å². The van der Waals surface area contributed by atoms with Gasteiger partial charge in [0, 0.05) is 53.4 Å². The Morgan fingerprint density at radius 1 is 1.10 bits per heavy atom. The maximum Gasteiger partial charge on any atom is 0.131 e. The molecule has 152 valence electrons. The highest BCUT2D eigenvalue weighted by Gasteiger charge is 2.28. The van der Waals surface area contributed by atoms with E-state index in [-0.39, 0.29) is 5.82 Å². The van der Waals surface area contributed by atoms with E-state index in [0.29, 0.717) is 17.2 Å². The smallest absolute Gasteiger partial charge is 0.131 e. The van der Waals surface area contributed by atoms with Gasteiger partial charge in [-0.2, -0.15) is 5.26 Å². The second-order valence-corrected chi connectivity index (χ2v) is 9.47. The van der Waals surface area contributed by atoms with Gasteiger partial charge >= 0.3 is 0 Å². The third-order valence-electron chi connectivity index (χ3n) is 5.80. The molecule has 5 rings (SSSR count). The van der Waals surface area contributed by atoms with Crippen LogP contribution in [-0.2, 0) is 0 Å². The van der Waals surface area contributed by atoms with Crippen LogP contribution in [0.2, 0.25) is 0 Å². The number of piperidine rings is 1. The van der Waals surface area contributed by atoms with Crippen LogP contribution in [0.5, 0.6) is 0 Å². The number of hydrogen-bond donors (Lipinski definition) is 1. The van der Waals surface area contributed by atoms with Crippen LogP contribution in [0.4, 0.5) is 10.1 Å². The molecule has 0 unspecified atom stereocenters. The van der Waals surface area contributed by atoms with E-state index in [4.69, 9.17) is 0 Å². The summed E-state index contributed by atoms with van der Waals surface area (Å²) in [4.78, 5) is 4.30. The Morgan fingerprint density at radius 3 is 2.70 bits per heavy atom. The molecule has 1 saturated carbocycles. The average molecular weight is 419 g/mol. The molecule has 1 aliphatic carbocycles. The van der Waals surface area contributed by atoms with Crippen LogP contribution < -0.4 is 5.32 Å². The summed E-state index contributed by atoms with van der Waals surface area (Å²) in [6, 6.07) is 12.9. The molecular formula is C24H23FN4S. The van der Waals surface area contributed by atoms with E-state index in [9.17, 15) is 9.65 Å². The molecule has 0 bridgehead atoms. The number of halogens is 1. The maximum absolute atomic E-state index is 14.6. The standard InChI is InChI=1S/C24H23FN4S/c25-23-4-1-16(14-26)11-21(23)18-12-17-5-8-27-15-22(17)24(13-18)28-19-6-9-29(10-7-19)30-20-2-3-20/h1,4-5,8,11-13,15,19-20,28H,2-3,6-7,9-10H2. The summed E-state index contributed by atoms with van der Waals surface area (Å²) in [5, 5.41) is 15.8. The van der Waals surface area contributed by atoms with Crippen molar-refractivity contribution in [2.75, 3.05) is 18.4 Å². The lowest BCUT2D eigenvalue weighted by atomic mass is 9.98. The van der Waals surface area contributed by atoms with Gasteiger partial charge < -0.3 is 5.32 Å². The number of aromatic nitrogens is 1. The van der Waals surface area contributed by atoms with E-state index < -0.39 is 0 Å². The number of benzene rings is 2. The molecule has 0 spiro atoms. The summed E-state index contributed by atoms with van der Waals surface area (Å²) in [7, 11) is 0. The summed E-state index contributed by atoms with van der Waals surface area (Å²) >= 11 is 2.03. The number of anilines is 1. The van der Waals surface area contributed by atoms with Crippen LogP contribution in [0.3, 0.4) is 0 Å². The number of nitriles is 1. The van der Waals surface area contributed by atoms with Crippen molar-refractivity contribution >= 4 is 28.4 Å². The molecule has 2 aromatic carbocycles. The van der Waals surface area contributed by atoms with Gasteiger partial charge in [0.05, 0.1) is 11.6 Å². The Kier molecular flexibility index (Phi) is 5.32. The van der Waals surface area contributed by atoms with Crippen molar-refractivity contribution in [1.29, 1.82) is 5.26 Å². The van der Waals surface area contributed by atoms with E-state index in [0.717, 1.165) is 53.2 Å². The molecule has 2 heterocycles. The zero-order valence-electron chi connectivity index (χ0n) is 16.6. The Bertz CT molecular complexity index is 1110. The highest BCUT2D eigenvalue weighted by molar-refractivity contribution is 7.97. The first-order valence-electron chi connectivity index (χ1n) is 10.5. The van der Waals surface area contributed by atoms with Crippen molar-refractivity contribution in [1.82, 2.24) is 9.29 Å². The molecule has 6 heteroatoms. The molecule has 4 nitrogen and oxygen atoms in total. The molecule has 2 fully saturated rings. The predicted molar refractivity (Wildman–Crippen MR) is 121 cm³/mol. The number of hydrogen-bond acceptors (Lipinski definition) is 5. The van der Waals surface area contributed by atoms with Crippen LogP contribution in [-0.4, -0.2) is 33.7 Å². The van der Waals surface area contributed by atoms with Gasteiger partial charge in [-0.1, -0.05) is 11.9 Å². The van der Waals surface area contributed by atoms with Crippen molar-refractivity contribution in [3.63, 3.8) is 0 Å². The van der Waals surface area contributed by atoms with Gasteiger partial charge in [-0.25, -0.2) is 4.39 Å². The van der Waals surface area contributed by atoms with Gasteiger partial charge in [-0.3, -0.25) is 9.29 Å². The normalized spacial score (nSPS) is 17.7. The van der Waals surface area contributed by atoms with Crippen LogP contribution in [0, 0.1) is 17.1 Å². The highest BCUT2D eigenvalue weighted by atomic mass is 32.2. The molecule has 30 heavy (non-hydrogen) atoms. The van der Waals surface area contributed by atoms with Gasteiger partial charge in [-0.05, 0) is 73.0 Å². The van der Waals surface area contributed by atoms with Crippen molar-refractivity contribution < 1.29 is 4.39 Å². The van der Waals surface area contributed by atoms with Crippen molar-refractivity contribution in [3.05, 3.63) is 60.2 Å². The molecule has 1 aliphatic heterocycles. The van der Waals surface area contributed by atoms with Gasteiger partial charge in [0.2, 0.25) is 0 Å². The third kappa shape index (κ3) is 4.14. The minimum Gasteiger partial charge on any atom is -0.382 e. The van der Waals surface area contributed by atoms with E-state index >= 15 is 0 Å². The Morgan fingerprint density at radius 2 is 1.93 bits per heavy atom. The van der Waals surface area contributed by atoms with Gasteiger partial charge in [0.15, 0.2) is 0 Å². The van der Waals surface area contributed by atoms with Gasteiger partial charge in [-0.15, -0.1) is 0 Å². The van der Waals surface area contributed by atoms with Crippen molar-refractivity contribution in [2.45, 2.75) is 37.0 Å². The van der Waals surface area contributed by atoms with E-state index in [1.165, 1.54) is 25.0 Å². The number of rotatable bonds is 5. The lowest BCUT2D eigenvalue weighted by Crippen LogP contribution is -2.35. The molecule has 1 N–H and O–H groups in total. The van der Waals surface area contributed by atoms with Gasteiger partial charge in [0.1, 0.15) is 5.82 Å². The zero-order valence-corrected chi connectivity index (χ0v) is 17.5. The molecule has 2 aliphatic rings. The van der Waals surface area contributed by atoms with Crippen LogP contribution in [0.15, 0.2) is 48.8 Å². The quantitative estimate of drug-likeness (QED) is 0.547. The summed E-state index contributed by atoms with van der Waals surface area (Å²) in [5.74, 6) is -0.321. The lowest BCUT2D eigenvalue weighted by molar-refractivity contribution is 0.358. The fourth-order valence-electron chi connectivity index (χ4n) is 4.00. The summed E-state index contributed by atoms with van der Waals surface area (Å²) in [6.45, 7) is 2.18. The average Bonchev–Trinajstić information content (AvgIpc) is 3.59. The first-order chi connectivity index (χ1) is 14.7. The van der Waals surface area contributed by atoms with Crippen molar-refractivity contribution in [2.24, 2.45) is 0 Å². The molecule has 1 saturated heterocycles. The highest BCUT2D eigenvalue weighted by Crippen LogP contribution is 2.38. The fourth-order valence-corrected chi connectivity index (χ4v) is 5.19. The molecule has 0 amide bonds. The first-order valence-corrected chi connectivity index (χ1v) is 11.3. The minimum atomic E-state index is -0.321. The second kappa shape index (κ2) is 8.25. The second-order valence-electron chi connectivity index (χ2n) is 8.08. The fraction of sp³-hybridized carbons (Fsp3) is 0.333. The molecule has 0 radical (unpaired) electrons. The Balaban J connectivity index is 1.44. The Labute approximate surface area is 180 Å². The number of nitrogens with one attached hydrogen (secondary N) is 1. The summed E-state index contributed by atoms with van der Waals surface area (Å²) < 4.78 is 17.1. The summed E-state index contributed by atoms with van der Waals surface area (Å²) in [6.07, 6.45) is 8.51. The molecule has 1 aromatic heterocycles. The molecule has 3 aromatic rings. The number of fused-ring (bicyclic) bond motifs is 1. The first kappa shape index (κ1) is 19.3. The Hall–Kier alpha value is -2.62. The molecular weight excluding hydrogens is 395 g/mol. The van der Waals surface area contributed by atoms with Gasteiger partial charge in [0.25, 0.3) is 0 Å². The van der Waals surface area contributed by atoms with E-state index in [2.05, 4.69) is 20.7 Å². The maximum atomic E-state index is 14.6. The monoisotopic (exact) mass is 418 g/mol. The SMILES string of the molecule is N#Cc1ccc(F)c(-c2cc(NC3CCN(SC4CC4)CC3)c3cnccc3c2)c1. The largest absolute Gasteiger partial charge is 0.382 e. The topological polar surface area (TPSA) is 52.0 Å². The van der Waals surface area contributed by atoms with Crippen LogP contribution in [0.1, 0.15) is 31.2 Å².